The van der Waals surface area contributed by atoms with E-state index in [2.05, 4.69) is 26.9 Å². The normalized spacial score (nSPS) is 15.2. The first-order valence-electron chi connectivity index (χ1n) is 11.9. The molecule has 0 bridgehead atoms. The second-order valence-corrected chi connectivity index (χ2v) is 10.2. The Kier molecular flexibility index (Phi) is 6.88. The van der Waals surface area contributed by atoms with Crippen molar-refractivity contribution in [3.63, 3.8) is 0 Å². The summed E-state index contributed by atoms with van der Waals surface area (Å²) in [4.78, 5) is 6.92. The molecule has 5 rings (SSSR count). The average molecular weight is 549 g/mol. The van der Waals surface area contributed by atoms with Crippen LogP contribution in [0.3, 0.4) is 0 Å². The van der Waals surface area contributed by atoms with Crippen molar-refractivity contribution in [1.82, 2.24) is 9.88 Å². The molecule has 7 heteroatoms. The van der Waals surface area contributed by atoms with Crippen LogP contribution in [0.15, 0.2) is 77.3 Å². The number of hydrogen-bond donors (Lipinski definition) is 1. The Morgan fingerprint density at radius 3 is 2.56 bits per heavy atom. The number of aliphatic hydroxyl groups is 1. The van der Waals surface area contributed by atoms with Gasteiger partial charge in [0, 0.05) is 27.9 Å². The van der Waals surface area contributed by atoms with Crippen LogP contribution < -0.4 is 14.2 Å². The van der Waals surface area contributed by atoms with Crippen molar-refractivity contribution in [3.05, 3.63) is 94.0 Å². The first-order valence-corrected chi connectivity index (χ1v) is 12.6. The summed E-state index contributed by atoms with van der Waals surface area (Å²) in [6, 6.07) is 23.7. The van der Waals surface area contributed by atoms with E-state index >= 15 is 0 Å². The fourth-order valence-corrected chi connectivity index (χ4v) is 5.28. The van der Waals surface area contributed by atoms with Crippen molar-refractivity contribution in [3.8, 4) is 17.4 Å². The van der Waals surface area contributed by atoms with E-state index in [1.165, 1.54) is 0 Å². The van der Waals surface area contributed by atoms with Gasteiger partial charge in [-0.3, -0.25) is 0 Å². The number of nitrogens with zero attached hydrogens (tertiary/aromatic N) is 2. The zero-order valence-corrected chi connectivity index (χ0v) is 22.2. The number of methoxy groups -OCH3 is 1. The molecule has 6 nitrogen and oxygen atoms in total. The molecule has 2 unspecified atom stereocenters. The first-order chi connectivity index (χ1) is 17.4. The number of pyridine rings is 1. The van der Waals surface area contributed by atoms with Crippen molar-refractivity contribution in [2.45, 2.75) is 17.9 Å². The van der Waals surface area contributed by atoms with Gasteiger partial charge in [-0.2, -0.15) is 0 Å². The summed E-state index contributed by atoms with van der Waals surface area (Å²) < 4.78 is 18.1. The molecule has 1 aliphatic rings. The van der Waals surface area contributed by atoms with E-state index in [0.29, 0.717) is 30.3 Å². The monoisotopic (exact) mass is 548 g/mol. The predicted octanol–water partition coefficient (Wildman–Crippen LogP) is 5.71. The quantitative estimate of drug-likeness (QED) is 0.304. The Morgan fingerprint density at radius 2 is 1.81 bits per heavy atom. The van der Waals surface area contributed by atoms with Gasteiger partial charge >= 0.3 is 0 Å². The largest absolute Gasteiger partial charge is 0.481 e. The Bertz CT molecular complexity index is 1380. The second-order valence-electron chi connectivity index (χ2n) is 9.31. The first kappa shape index (κ1) is 24.6. The smallest absolute Gasteiger partial charge is 0.231 e. The Balaban J connectivity index is 1.78. The van der Waals surface area contributed by atoms with Crippen LogP contribution in [-0.2, 0) is 5.60 Å². The molecule has 0 aliphatic carbocycles. The minimum atomic E-state index is -1.27. The van der Waals surface area contributed by atoms with E-state index in [4.69, 9.17) is 19.2 Å². The van der Waals surface area contributed by atoms with E-state index in [-0.39, 0.29) is 6.79 Å². The van der Waals surface area contributed by atoms with Gasteiger partial charge in [-0.05, 0) is 68.0 Å². The summed E-state index contributed by atoms with van der Waals surface area (Å²) in [7, 11) is 5.64. The van der Waals surface area contributed by atoms with Crippen LogP contribution in [0, 0.1) is 0 Å². The molecule has 3 aromatic carbocycles. The van der Waals surface area contributed by atoms with Gasteiger partial charge in [-0.15, -0.1) is 0 Å². The molecule has 0 saturated heterocycles. The third kappa shape index (κ3) is 4.66. The van der Waals surface area contributed by atoms with Crippen LogP contribution in [0.5, 0.6) is 17.4 Å². The molecule has 4 aromatic rings. The highest BCUT2D eigenvalue weighted by Crippen LogP contribution is 2.49. The summed E-state index contributed by atoms with van der Waals surface area (Å²) in [6.45, 7) is 0.864. The summed E-state index contributed by atoms with van der Waals surface area (Å²) in [6.07, 6.45) is 0.489. The van der Waals surface area contributed by atoms with Crippen molar-refractivity contribution in [2.75, 3.05) is 34.5 Å². The van der Waals surface area contributed by atoms with Gasteiger partial charge in [-0.1, -0.05) is 52.3 Å². The number of halogens is 1. The highest BCUT2D eigenvalue weighted by atomic mass is 79.9. The van der Waals surface area contributed by atoms with Crippen LogP contribution in [0.2, 0.25) is 0 Å². The Morgan fingerprint density at radius 1 is 1.03 bits per heavy atom. The number of aromatic nitrogens is 1. The van der Waals surface area contributed by atoms with Crippen molar-refractivity contribution >= 4 is 26.8 Å². The maximum Gasteiger partial charge on any atom is 0.231 e. The third-order valence-corrected chi connectivity index (χ3v) is 7.19. The van der Waals surface area contributed by atoms with Gasteiger partial charge in [0.1, 0.15) is 5.60 Å². The Hall–Kier alpha value is -3.13. The Labute approximate surface area is 219 Å². The number of benzene rings is 3. The van der Waals surface area contributed by atoms with Gasteiger partial charge in [0.25, 0.3) is 0 Å². The molecule has 1 aliphatic heterocycles. The van der Waals surface area contributed by atoms with E-state index < -0.39 is 11.5 Å². The zero-order chi connectivity index (χ0) is 25.3. The molecule has 0 fully saturated rings. The predicted molar refractivity (Wildman–Crippen MR) is 144 cm³/mol. The molecule has 2 heterocycles. The molecular weight excluding hydrogens is 520 g/mol. The SMILES string of the molecule is COc1nc2ccc(Br)cc2cc1C(c1ccc2c(c1)OCO2)C(O)(CCN(C)C)c1ccccc1. The molecule has 0 spiro atoms. The minimum absolute atomic E-state index is 0.182. The topological polar surface area (TPSA) is 64.0 Å². The van der Waals surface area contributed by atoms with Gasteiger partial charge in [0.2, 0.25) is 12.7 Å². The number of ether oxygens (including phenoxy) is 3. The van der Waals surface area contributed by atoms with Crippen LogP contribution in [0.25, 0.3) is 10.9 Å². The van der Waals surface area contributed by atoms with E-state index in [1.807, 2.05) is 80.8 Å². The maximum atomic E-state index is 12.7. The highest BCUT2D eigenvalue weighted by Gasteiger charge is 2.42. The van der Waals surface area contributed by atoms with Crippen molar-refractivity contribution in [2.24, 2.45) is 0 Å². The van der Waals surface area contributed by atoms with Crippen LogP contribution in [0.1, 0.15) is 29.0 Å². The lowest BCUT2D eigenvalue weighted by atomic mass is 9.71. The van der Waals surface area contributed by atoms with Gasteiger partial charge in [0.05, 0.1) is 12.6 Å². The van der Waals surface area contributed by atoms with Gasteiger partial charge < -0.3 is 24.2 Å². The molecule has 186 valence electrons. The van der Waals surface area contributed by atoms with Gasteiger partial charge in [-0.25, -0.2) is 4.98 Å². The molecule has 36 heavy (non-hydrogen) atoms. The van der Waals surface area contributed by atoms with E-state index in [1.54, 1.807) is 7.11 Å². The molecule has 0 saturated carbocycles. The fraction of sp³-hybridized carbons (Fsp3) is 0.276. The van der Waals surface area contributed by atoms with Crippen LogP contribution in [0.4, 0.5) is 0 Å². The zero-order valence-electron chi connectivity index (χ0n) is 20.6. The standard InChI is InChI=1S/C29H29BrN2O4/c1-32(2)14-13-29(33,21-7-5-4-6-8-21)27(19-9-12-25-26(17-19)36-18-35-25)23-16-20-15-22(30)10-11-24(20)31-28(23)34-3/h4-12,15-17,27,33H,13-14,18H2,1-3H3. The second kappa shape index (κ2) is 10.1. The lowest BCUT2D eigenvalue weighted by Crippen LogP contribution is -2.37. The van der Waals surface area contributed by atoms with Crippen molar-refractivity contribution < 1.29 is 19.3 Å². The van der Waals surface area contributed by atoms with Crippen LogP contribution in [-0.4, -0.2) is 49.5 Å². The van der Waals surface area contributed by atoms with Crippen LogP contribution >= 0.6 is 15.9 Å². The average Bonchev–Trinajstić information content (AvgIpc) is 3.36. The maximum absolute atomic E-state index is 12.7. The summed E-state index contributed by atoms with van der Waals surface area (Å²) in [5, 5.41) is 13.7. The fourth-order valence-electron chi connectivity index (χ4n) is 4.90. The minimum Gasteiger partial charge on any atom is -0.481 e. The summed E-state index contributed by atoms with van der Waals surface area (Å²) >= 11 is 3.58. The van der Waals surface area contributed by atoms with E-state index in [0.717, 1.165) is 32.1 Å². The number of rotatable bonds is 8. The molecule has 0 radical (unpaired) electrons. The van der Waals surface area contributed by atoms with Crippen molar-refractivity contribution in [1.29, 1.82) is 0 Å². The summed E-state index contributed by atoms with van der Waals surface area (Å²) in [5.74, 6) is 1.34. The molecule has 2 atom stereocenters. The number of fused-ring (bicyclic) bond motifs is 2. The molecule has 1 N–H and O–H groups in total. The number of hydrogen-bond acceptors (Lipinski definition) is 6. The lowest BCUT2D eigenvalue weighted by Gasteiger charge is -2.39. The summed E-state index contributed by atoms with van der Waals surface area (Å²) in [5.41, 5.74) is 2.06. The highest BCUT2D eigenvalue weighted by molar-refractivity contribution is 9.10. The van der Waals surface area contributed by atoms with Gasteiger partial charge in [0.15, 0.2) is 11.5 Å². The third-order valence-electron chi connectivity index (χ3n) is 6.70. The molecule has 1 aromatic heterocycles. The molecule has 0 amide bonds. The molecular formula is C29H29BrN2O4. The van der Waals surface area contributed by atoms with E-state index in [9.17, 15) is 5.11 Å². The lowest BCUT2D eigenvalue weighted by molar-refractivity contribution is 0.00377.